The first-order valence-corrected chi connectivity index (χ1v) is 8.74. The molecule has 0 saturated heterocycles. The van der Waals surface area contributed by atoms with Crippen LogP contribution in [-0.4, -0.2) is 29.0 Å². The van der Waals surface area contributed by atoms with Gasteiger partial charge in [-0.05, 0) is 37.5 Å². The SMILES string of the molecule is Cc1cc(=O)[nH]c(NCCNC(=O)C2(c3ccc(Cl)cc3)CCC2)n1. The van der Waals surface area contributed by atoms with Gasteiger partial charge in [0, 0.05) is 29.9 Å². The van der Waals surface area contributed by atoms with E-state index in [2.05, 4.69) is 20.6 Å². The number of hydrogen-bond acceptors (Lipinski definition) is 4. The summed E-state index contributed by atoms with van der Waals surface area (Å²) in [6.45, 7) is 2.69. The highest BCUT2D eigenvalue weighted by Gasteiger charge is 2.45. The zero-order valence-corrected chi connectivity index (χ0v) is 14.8. The first kappa shape index (κ1) is 17.5. The second-order valence-electron chi connectivity index (χ2n) is 6.36. The van der Waals surface area contributed by atoms with Crippen LogP contribution in [0.25, 0.3) is 0 Å². The average molecular weight is 361 g/mol. The summed E-state index contributed by atoms with van der Waals surface area (Å²) >= 11 is 5.95. The van der Waals surface area contributed by atoms with Crippen molar-refractivity contribution in [2.45, 2.75) is 31.6 Å². The Labute approximate surface area is 151 Å². The molecule has 1 aliphatic rings. The van der Waals surface area contributed by atoms with Crippen molar-refractivity contribution < 1.29 is 4.79 Å². The van der Waals surface area contributed by atoms with E-state index in [-0.39, 0.29) is 11.5 Å². The molecule has 1 aliphatic carbocycles. The lowest BCUT2D eigenvalue weighted by Crippen LogP contribution is -2.50. The number of carbonyl (C=O) groups excluding carboxylic acids is 1. The lowest BCUT2D eigenvalue weighted by atomic mass is 9.64. The van der Waals surface area contributed by atoms with Crippen molar-refractivity contribution in [2.75, 3.05) is 18.4 Å². The van der Waals surface area contributed by atoms with Gasteiger partial charge in [-0.25, -0.2) is 4.98 Å². The minimum atomic E-state index is -0.444. The van der Waals surface area contributed by atoms with Gasteiger partial charge in [0.25, 0.3) is 5.56 Å². The van der Waals surface area contributed by atoms with Gasteiger partial charge in [0.2, 0.25) is 11.9 Å². The lowest BCUT2D eigenvalue weighted by molar-refractivity contribution is -0.129. The van der Waals surface area contributed by atoms with Crippen LogP contribution in [0.15, 0.2) is 35.1 Å². The van der Waals surface area contributed by atoms with Crippen LogP contribution in [-0.2, 0) is 10.2 Å². The van der Waals surface area contributed by atoms with Gasteiger partial charge in [0.1, 0.15) is 0 Å². The molecule has 0 unspecified atom stereocenters. The van der Waals surface area contributed by atoms with Crippen LogP contribution in [0.4, 0.5) is 5.95 Å². The van der Waals surface area contributed by atoms with E-state index in [1.165, 1.54) is 6.07 Å². The second-order valence-corrected chi connectivity index (χ2v) is 6.80. The summed E-state index contributed by atoms with van der Waals surface area (Å²) in [5.41, 5.74) is 1.01. The van der Waals surface area contributed by atoms with E-state index in [1.807, 2.05) is 24.3 Å². The molecule has 0 bridgehead atoms. The zero-order valence-electron chi connectivity index (χ0n) is 14.1. The molecule has 1 amide bonds. The molecule has 1 heterocycles. The van der Waals surface area contributed by atoms with Crippen LogP contribution >= 0.6 is 11.6 Å². The molecule has 0 atom stereocenters. The number of nitrogens with one attached hydrogen (secondary N) is 3. The molecule has 1 fully saturated rings. The third-order valence-corrected chi connectivity index (χ3v) is 4.86. The largest absolute Gasteiger partial charge is 0.354 e. The molecule has 3 rings (SSSR count). The van der Waals surface area contributed by atoms with Gasteiger partial charge in [0.05, 0.1) is 5.41 Å². The van der Waals surface area contributed by atoms with Gasteiger partial charge in [-0.2, -0.15) is 0 Å². The fourth-order valence-electron chi connectivity index (χ4n) is 3.14. The van der Waals surface area contributed by atoms with Gasteiger partial charge in [-0.3, -0.25) is 14.6 Å². The Kier molecular flexibility index (Phi) is 5.08. The number of halogens is 1. The minimum Gasteiger partial charge on any atom is -0.354 e. The standard InChI is InChI=1S/C18H21ClN4O2/c1-12-11-15(24)23-17(22-12)21-10-9-20-16(25)18(7-2-8-18)13-3-5-14(19)6-4-13/h3-6,11H,2,7-10H2,1H3,(H,20,25)(H2,21,22,23,24). The molecule has 7 heteroatoms. The third-order valence-electron chi connectivity index (χ3n) is 4.61. The Morgan fingerprint density at radius 2 is 2.00 bits per heavy atom. The summed E-state index contributed by atoms with van der Waals surface area (Å²) < 4.78 is 0. The van der Waals surface area contributed by atoms with Gasteiger partial charge >= 0.3 is 0 Å². The maximum Gasteiger partial charge on any atom is 0.252 e. The molecular weight excluding hydrogens is 340 g/mol. The molecule has 1 aromatic carbocycles. The lowest BCUT2D eigenvalue weighted by Gasteiger charge is -2.40. The first-order chi connectivity index (χ1) is 12.0. The van der Waals surface area contributed by atoms with Crippen LogP contribution in [0.2, 0.25) is 5.02 Å². The minimum absolute atomic E-state index is 0.0357. The highest BCUT2D eigenvalue weighted by Crippen LogP contribution is 2.44. The van der Waals surface area contributed by atoms with E-state index >= 15 is 0 Å². The number of aromatic nitrogens is 2. The van der Waals surface area contributed by atoms with Crippen LogP contribution < -0.4 is 16.2 Å². The van der Waals surface area contributed by atoms with Crippen molar-refractivity contribution in [3.63, 3.8) is 0 Å². The molecule has 2 aromatic rings. The van der Waals surface area contributed by atoms with E-state index in [0.29, 0.717) is 29.8 Å². The van der Waals surface area contributed by atoms with Gasteiger partial charge in [0.15, 0.2) is 0 Å². The number of hydrogen-bond donors (Lipinski definition) is 3. The zero-order chi connectivity index (χ0) is 17.9. The normalized spacial score (nSPS) is 15.3. The number of amides is 1. The quantitative estimate of drug-likeness (QED) is 0.690. The summed E-state index contributed by atoms with van der Waals surface area (Å²) in [5.74, 6) is 0.448. The van der Waals surface area contributed by atoms with Gasteiger partial charge < -0.3 is 10.6 Å². The molecule has 6 nitrogen and oxygen atoms in total. The molecule has 1 aromatic heterocycles. The monoisotopic (exact) mass is 360 g/mol. The fraction of sp³-hybridized carbons (Fsp3) is 0.389. The van der Waals surface area contributed by atoms with Gasteiger partial charge in [-0.1, -0.05) is 30.2 Å². The number of nitrogens with zero attached hydrogens (tertiary/aromatic N) is 1. The van der Waals surface area contributed by atoms with Gasteiger partial charge in [-0.15, -0.1) is 0 Å². The molecule has 0 spiro atoms. The molecule has 132 valence electrons. The number of H-pyrrole nitrogens is 1. The van der Waals surface area contributed by atoms with E-state index in [0.717, 1.165) is 24.8 Å². The Hall–Kier alpha value is -2.34. The maximum absolute atomic E-state index is 12.7. The number of anilines is 1. The maximum atomic E-state index is 12.7. The highest BCUT2D eigenvalue weighted by molar-refractivity contribution is 6.30. The molecule has 0 radical (unpaired) electrons. The third kappa shape index (κ3) is 3.85. The predicted octanol–water partition coefficient (Wildman–Crippen LogP) is 2.38. The number of benzene rings is 1. The molecule has 0 aliphatic heterocycles. The van der Waals surface area contributed by atoms with E-state index in [9.17, 15) is 9.59 Å². The van der Waals surface area contributed by atoms with Crippen molar-refractivity contribution in [3.8, 4) is 0 Å². The van der Waals surface area contributed by atoms with Crippen LogP contribution in [0.1, 0.15) is 30.5 Å². The average Bonchev–Trinajstić information content (AvgIpc) is 2.51. The Morgan fingerprint density at radius 3 is 2.60 bits per heavy atom. The smallest absolute Gasteiger partial charge is 0.252 e. The summed E-state index contributed by atoms with van der Waals surface area (Å²) in [5, 5.41) is 6.67. The van der Waals surface area contributed by atoms with Crippen LogP contribution in [0.3, 0.4) is 0 Å². The predicted molar refractivity (Wildman–Crippen MR) is 98.1 cm³/mol. The van der Waals surface area contributed by atoms with Crippen molar-refractivity contribution in [1.29, 1.82) is 0 Å². The number of rotatable bonds is 6. The van der Waals surface area contributed by atoms with Crippen molar-refractivity contribution in [3.05, 3.63) is 57.0 Å². The van der Waals surface area contributed by atoms with Crippen molar-refractivity contribution in [1.82, 2.24) is 15.3 Å². The van der Waals surface area contributed by atoms with Crippen molar-refractivity contribution in [2.24, 2.45) is 0 Å². The molecular formula is C18H21ClN4O2. The van der Waals surface area contributed by atoms with Crippen LogP contribution in [0, 0.1) is 6.92 Å². The summed E-state index contributed by atoms with van der Waals surface area (Å²) in [6.07, 6.45) is 2.74. The van der Waals surface area contributed by atoms with Crippen LogP contribution in [0.5, 0.6) is 0 Å². The Balaban J connectivity index is 1.56. The summed E-state index contributed by atoms with van der Waals surface area (Å²) in [7, 11) is 0. The summed E-state index contributed by atoms with van der Waals surface area (Å²) in [6, 6.07) is 8.94. The molecule has 25 heavy (non-hydrogen) atoms. The Morgan fingerprint density at radius 1 is 1.28 bits per heavy atom. The van der Waals surface area contributed by atoms with E-state index in [1.54, 1.807) is 6.92 Å². The number of aromatic amines is 1. The topological polar surface area (TPSA) is 86.9 Å². The molecule has 3 N–H and O–H groups in total. The van der Waals surface area contributed by atoms with E-state index in [4.69, 9.17) is 11.6 Å². The highest BCUT2D eigenvalue weighted by atomic mass is 35.5. The fourth-order valence-corrected chi connectivity index (χ4v) is 3.26. The van der Waals surface area contributed by atoms with E-state index < -0.39 is 5.41 Å². The molecule has 1 saturated carbocycles. The van der Waals surface area contributed by atoms with Crippen molar-refractivity contribution >= 4 is 23.5 Å². The number of carbonyl (C=O) groups is 1. The number of aryl methyl sites for hydroxylation is 1. The first-order valence-electron chi connectivity index (χ1n) is 8.36. The summed E-state index contributed by atoms with van der Waals surface area (Å²) in [4.78, 5) is 30.9. The second kappa shape index (κ2) is 7.27. The Bertz CT molecular complexity index is 813.